The molecule has 19 heavy (non-hydrogen) atoms. The second-order valence-electron chi connectivity index (χ2n) is 6.01. The minimum atomic E-state index is 0.210. The maximum Gasteiger partial charge on any atom is 0.161 e. The van der Waals surface area contributed by atoms with Gasteiger partial charge in [0.1, 0.15) is 0 Å². The third-order valence-corrected chi connectivity index (χ3v) is 5.16. The first kappa shape index (κ1) is 13.0. The smallest absolute Gasteiger partial charge is 0.161 e. The summed E-state index contributed by atoms with van der Waals surface area (Å²) < 4.78 is 0. The Bertz CT molecular complexity index is 500. The van der Waals surface area contributed by atoms with E-state index in [0.717, 1.165) is 22.5 Å². The lowest BCUT2D eigenvalue weighted by Gasteiger charge is -2.33. The summed E-state index contributed by atoms with van der Waals surface area (Å²) in [7, 11) is 0. The van der Waals surface area contributed by atoms with Gasteiger partial charge in [0.05, 0.1) is 17.4 Å². The fraction of sp³-hybridized carbons (Fsp3) is 0.600. The first-order valence-electron chi connectivity index (χ1n) is 7.07. The Kier molecular flexibility index (Phi) is 3.52. The molecule has 0 aromatic carbocycles. The van der Waals surface area contributed by atoms with Crippen LogP contribution in [0.5, 0.6) is 0 Å². The number of aromatic nitrogens is 1. The van der Waals surface area contributed by atoms with E-state index >= 15 is 0 Å². The molecule has 1 aliphatic carbocycles. The van der Waals surface area contributed by atoms with Gasteiger partial charge in [0.15, 0.2) is 5.17 Å². The number of aryl methyl sites for hydroxylation is 1. The predicted molar refractivity (Wildman–Crippen MR) is 82.9 cm³/mol. The maximum atomic E-state index is 5.00. The van der Waals surface area contributed by atoms with Crippen LogP contribution in [-0.2, 0) is 0 Å². The first-order valence-corrected chi connectivity index (χ1v) is 8.05. The van der Waals surface area contributed by atoms with Gasteiger partial charge < -0.3 is 5.32 Å². The van der Waals surface area contributed by atoms with Gasteiger partial charge in [-0.2, -0.15) is 0 Å². The van der Waals surface area contributed by atoms with Crippen molar-refractivity contribution in [2.24, 2.45) is 10.9 Å². The standard InChI is InChI=1S/C15H21N3S/c1-11-4-3-5-15(7-11)10-19-14(18-15)17-13-6-12(2)8-16-9-13/h6,8-9,11H,3-5,7,10H2,1-2H3,(H,17,18). The molecule has 1 aliphatic heterocycles. The van der Waals surface area contributed by atoms with Crippen LogP contribution in [0.1, 0.15) is 38.2 Å². The molecule has 4 heteroatoms. The van der Waals surface area contributed by atoms with Gasteiger partial charge in [-0.15, -0.1) is 0 Å². The van der Waals surface area contributed by atoms with Gasteiger partial charge in [-0.3, -0.25) is 9.98 Å². The van der Waals surface area contributed by atoms with Gasteiger partial charge in [-0.1, -0.05) is 31.5 Å². The van der Waals surface area contributed by atoms with Crippen LogP contribution >= 0.6 is 11.8 Å². The lowest BCUT2D eigenvalue weighted by molar-refractivity contribution is 0.266. The molecule has 1 aromatic rings. The fourth-order valence-electron chi connectivity index (χ4n) is 3.16. The molecule has 102 valence electrons. The number of amidine groups is 1. The van der Waals surface area contributed by atoms with E-state index < -0.39 is 0 Å². The van der Waals surface area contributed by atoms with E-state index in [1.54, 1.807) is 0 Å². The van der Waals surface area contributed by atoms with Crippen LogP contribution in [0.25, 0.3) is 0 Å². The molecule has 0 bridgehead atoms. The number of nitrogens with zero attached hydrogens (tertiary/aromatic N) is 2. The summed E-state index contributed by atoms with van der Waals surface area (Å²) in [5.74, 6) is 1.96. The van der Waals surface area contributed by atoms with Gasteiger partial charge in [-0.05, 0) is 37.3 Å². The Morgan fingerprint density at radius 2 is 2.32 bits per heavy atom. The number of pyridine rings is 1. The van der Waals surface area contributed by atoms with Crippen molar-refractivity contribution in [2.75, 3.05) is 11.1 Å². The van der Waals surface area contributed by atoms with Crippen molar-refractivity contribution < 1.29 is 0 Å². The summed E-state index contributed by atoms with van der Waals surface area (Å²) in [4.78, 5) is 9.21. The van der Waals surface area contributed by atoms with E-state index in [4.69, 9.17) is 4.99 Å². The lowest BCUT2D eigenvalue weighted by atomic mass is 9.78. The van der Waals surface area contributed by atoms with Gasteiger partial charge in [0.2, 0.25) is 0 Å². The molecule has 1 spiro atoms. The van der Waals surface area contributed by atoms with E-state index in [2.05, 4.69) is 30.2 Å². The molecule has 1 N–H and O–H groups in total. The molecule has 0 amide bonds. The van der Waals surface area contributed by atoms with Crippen molar-refractivity contribution in [3.8, 4) is 0 Å². The molecule has 2 atom stereocenters. The Labute approximate surface area is 119 Å². The summed E-state index contributed by atoms with van der Waals surface area (Å²) in [6.45, 7) is 4.42. The van der Waals surface area contributed by atoms with Crippen molar-refractivity contribution in [3.63, 3.8) is 0 Å². The molecule has 3 rings (SSSR count). The average molecular weight is 275 g/mol. The third-order valence-electron chi connectivity index (χ3n) is 4.01. The van der Waals surface area contributed by atoms with E-state index in [1.165, 1.54) is 31.2 Å². The molecule has 3 nitrogen and oxygen atoms in total. The summed E-state index contributed by atoms with van der Waals surface area (Å²) in [5, 5.41) is 4.49. The largest absolute Gasteiger partial charge is 0.334 e. The van der Waals surface area contributed by atoms with Crippen LogP contribution in [0.2, 0.25) is 0 Å². The molecule has 0 saturated heterocycles. The molecule has 1 fully saturated rings. The molecule has 2 heterocycles. The van der Waals surface area contributed by atoms with Gasteiger partial charge >= 0.3 is 0 Å². The van der Waals surface area contributed by atoms with Gasteiger partial charge in [0.25, 0.3) is 0 Å². The van der Waals surface area contributed by atoms with Crippen LogP contribution in [0.15, 0.2) is 23.5 Å². The van der Waals surface area contributed by atoms with E-state index in [-0.39, 0.29) is 5.54 Å². The first-order chi connectivity index (χ1) is 9.15. The highest BCUT2D eigenvalue weighted by Gasteiger charge is 2.39. The summed E-state index contributed by atoms with van der Waals surface area (Å²) >= 11 is 1.86. The minimum Gasteiger partial charge on any atom is -0.334 e. The SMILES string of the molecule is Cc1cncc(NC2=NC3(CCCC(C)C3)CS2)c1. The number of anilines is 1. The molecule has 1 saturated carbocycles. The Morgan fingerprint density at radius 1 is 1.42 bits per heavy atom. The maximum absolute atomic E-state index is 5.00. The van der Waals surface area contributed by atoms with E-state index in [9.17, 15) is 0 Å². The second-order valence-corrected chi connectivity index (χ2v) is 6.97. The Balaban J connectivity index is 1.73. The van der Waals surface area contributed by atoms with Crippen LogP contribution in [0.3, 0.4) is 0 Å². The minimum absolute atomic E-state index is 0.210. The monoisotopic (exact) mass is 275 g/mol. The van der Waals surface area contributed by atoms with Crippen molar-refractivity contribution in [1.29, 1.82) is 0 Å². The summed E-state index contributed by atoms with van der Waals surface area (Å²) in [6, 6.07) is 2.12. The molecule has 2 unspecified atom stereocenters. The number of hydrogen-bond donors (Lipinski definition) is 1. The Morgan fingerprint density at radius 3 is 3.11 bits per heavy atom. The highest BCUT2D eigenvalue weighted by molar-refractivity contribution is 8.14. The van der Waals surface area contributed by atoms with Crippen molar-refractivity contribution in [1.82, 2.24) is 4.98 Å². The quantitative estimate of drug-likeness (QED) is 0.845. The average Bonchev–Trinajstić information content (AvgIpc) is 2.71. The normalized spacial score (nSPS) is 30.4. The zero-order chi connectivity index (χ0) is 13.3. The molecule has 1 aromatic heterocycles. The number of aliphatic imine (C=N–C) groups is 1. The van der Waals surface area contributed by atoms with Crippen molar-refractivity contribution in [2.45, 2.75) is 45.1 Å². The molecule has 0 radical (unpaired) electrons. The van der Waals surface area contributed by atoms with E-state index in [0.29, 0.717) is 0 Å². The highest BCUT2D eigenvalue weighted by Crippen LogP contribution is 2.42. The van der Waals surface area contributed by atoms with Gasteiger partial charge in [-0.25, -0.2) is 0 Å². The van der Waals surface area contributed by atoms with E-state index in [1.807, 2.05) is 24.2 Å². The number of nitrogens with one attached hydrogen (secondary N) is 1. The molecule has 2 aliphatic rings. The second kappa shape index (κ2) is 5.16. The number of rotatable bonds is 1. The van der Waals surface area contributed by atoms with Gasteiger partial charge in [0, 0.05) is 11.9 Å². The van der Waals surface area contributed by atoms with Crippen LogP contribution in [0.4, 0.5) is 5.69 Å². The van der Waals surface area contributed by atoms with Crippen LogP contribution in [-0.4, -0.2) is 21.4 Å². The topological polar surface area (TPSA) is 37.3 Å². The number of hydrogen-bond acceptors (Lipinski definition) is 4. The summed E-state index contributed by atoms with van der Waals surface area (Å²) in [6.07, 6.45) is 8.93. The summed E-state index contributed by atoms with van der Waals surface area (Å²) in [5.41, 5.74) is 2.43. The van der Waals surface area contributed by atoms with Crippen LogP contribution in [0, 0.1) is 12.8 Å². The number of thioether (sulfide) groups is 1. The lowest BCUT2D eigenvalue weighted by Crippen LogP contribution is -2.33. The zero-order valence-corrected chi connectivity index (χ0v) is 12.5. The third kappa shape index (κ3) is 2.94. The highest BCUT2D eigenvalue weighted by atomic mass is 32.2. The van der Waals surface area contributed by atoms with Crippen molar-refractivity contribution >= 4 is 22.6 Å². The van der Waals surface area contributed by atoms with Crippen molar-refractivity contribution in [3.05, 3.63) is 24.0 Å². The predicted octanol–water partition coefficient (Wildman–Crippen LogP) is 3.85. The fourth-order valence-corrected chi connectivity index (χ4v) is 4.34. The zero-order valence-electron chi connectivity index (χ0n) is 11.6. The molecular formula is C15H21N3S. The Hall–Kier alpha value is -1.03. The van der Waals surface area contributed by atoms with Crippen LogP contribution < -0.4 is 5.32 Å². The molecular weight excluding hydrogens is 254 g/mol.